The van der Waals surface area contributed by atoms with E-state index in [1.54, 1.807) is 31.5 Å². The van der Waals surface area contributed by atoms with E-state index in [9.17, 15) is 18.0 Å². The molecular formula is C35H42N6O6S. The maximum Gasteiger partial charge on any atom is 0.276 e. The number of methoxy groups -OCH3 is 1. The fraction of sp³-hybridized carbons (Fsp3) is 0.400. The lowest BCUT2D eigenvalue weighted by atomic mass is 9.81. The van der Waals surface area contributed by atoms with E-state index >= 15 is 0 Å². The van der Waals surface area contributed by atoms with Gasteiger partial charge in [-0.15, -0.1) is 0 Å². The second-order valence-electron chi connectivity index (χ2n) is 12.5. The number of carbonyl (C=O) groups excluding carboxylic acids is 2. The number of hydrogen-bond acceptors (Lipinski definition) is 7. The van der Waals surface area contributed by atoms with Crippen molar-refractivity contribution in [1.29, 1.82) is 0 Å². The lowest BCUT2D eigenvalue weighted by Crippen LogP contribution is -2.36. The van der Waals surface area contributed by atoms with Gasteiger partial charge < -0.3 is 18.9 Å². The summed E-state index contributed by atoms with van der Waals surface area (Å²) in [6.07, 6.45) is 12.4. The summed E-state index contributed by atoms with van der Waals surface area (Å²) in [6.45, 7) is 1.09. The van der Waals surface area contributed by atoms with Crippen LogP contribution in [0.25, 0.3) is 28.2 Å². The van der Waals surface area contributed by atoms with Crippen LogP contribution in [0.15, 0.2) is 60.7 Å². The number of benzene rings is 2. The molecular weight excluding hydrogens is 632 g/mol. The average molecular weight is 675 g/mol. The number of hydrogen-bond donors (Lipinski definition) is 1. The van der Waals surface area contributed by atoms with Gasteiger partial charge in [-0.2, -0.15) is 12.7 Å². The molecule has 1 aliphatic carbocycles. The summed E-state index contributed by atoms with van der Waals surface area (Å²) < 4.78 is 38.8. The largest absolute Gasteiger partial charge is 0.497 e. The van der Waals surface area contributed by atoms with Gasteiger partial charge in [0, 0.05) is 67.2 Å². The van der Waals surface area contributed by atoms with Gasteiger partial charge in [0.15, 0.2) is 0 Å². The number of carbonyl (C=O) groups is 2. The highest BCUT2D eigenvalue weighted by atomic mass is 32.2. The van der Waals surface area contributed by atoms with E-state index in [1.165, 1.54) is 29.9 Å². The van der Waals surface area contributed by atoms with E-state index in [0.29, 0.717) is 35.9 Å². The van der Waals surface area contributed by atoms with Crippen LogP contribution in [0, 0.1) is 0 Å². The van der Waals surface area contributed by atoms with Gasteiger partial charge in [-0.1, -0.05) is 25.3 Å². The van der Waals surface area contributed by atoms with Gasteiger partial charge in [0.2, 0.25) is 0 Å². The number of ether oxygens (including phenoxy) is 2. The number of amides is 1. The number of imidazole rings is 1. The Morgan fingerprint density at radius 2 is 1.81 bits per heavy atom. The van der Waals surface area contributed by atoms with Gasteiger partial charge in [0.05, 0.1) is 32.6 Å². The number of likely N-dealkylation sites (N-methyl/N-ethyl adjacent to an activating group) is 2. The first-order valence-electron chi connectivity index (χ1n) is 16.2. The fourth-order valence-corrected chi connectivity index (χ4v) is 7.13. The summed E-state index contributed by atoms with van der Waals surface area (Å²) in [5, 5.41) is 6.24. The Morgan fingerprint density at radius 3 is 2.52 bits per heavy atom. The van der Waals surface area contributed by atoms with Crippen molar-refractivity contribution in [2.75, 3.05) is 47.5 Å². The third kappa shape index (κ3) is 6.81. The molecule has 254 valence electrons. The lowest BCUT2D eigenvalue weighted by Gasteiger charge is -2.24. The van der Waals surface area contributed by atoms with Crippen molar-refractivity contribution >= 4 is 39.0 Å². The highest BCUT2D eigenvalue weighted by molar-refractivity contribution is 7.86. The standard InChI is InChI=1S/C35H42N6O6S/c1-38(15-17-47-18-16-39(2)48(36,44)45)34(42)27-19-26-20-28(46-3)10-12-29(26)33-32(24-7-5-4-6-8-24)30-11-9-25(21-31(30)41(33)22-27)35(43)40-14-13-37-23-40/h9-14,19-21,23-24H,4-8,15-18,22H2,1-3H3,(H2,36,44,45). The quantitative estimate of drug-likeness (QED) is 0.235. The smallest absolute Gasteiger partial charge is 0.276 e. The second kappa shape index (κ2) is 14.0. The molecule has 2 aromatic carbocycles. The van der Waals surface area contributed by atoms with E-state index in [4.69, 9.17) is 14.6 Å². The maximum atomic E-state index is 14.1. The number of rotatable bonds is 11. The Kier molecular flexibility index (Phi) is 9.83. The normalized spacial score (nSPS) is 15.1. The van der Waals surface area contributed by atoms with Crippen LogP contribution in [0.4, 0.5) is 0 Å². The van der Waals surface area contributed by atoms with Gasteiger partial charge in [0.25, 0.3) is 22.0 Å². The van der Waals surface area contributed by atoms with Crippen molar-refractivity contribution < 1.29 is 27.5 Å². The van der Waals surface area contributed by atoms with Crippen molar-refractivity contribution in [3.05, 3.63) is 77.4 Å². The minimum Gasteiger partial charge on any atom is -0.497 e. The van der Waals surface area contributed by atoms with Crippen molar-refractivity contribution in [3.8, 4) is 17.0 Å². The van der Waals surface area contributed by atoms with E-state index in [-0.39, 0.29) is 31.6 Å². The predicted octanol–water partition coefficient (Wildman–Crippen LogP) is 4.26. The molecule has 3 heterocycles. The summed E-state index contributed by atoms with van der Waals surface area (Å²) in [5.74, 6) is 0.714. The Bertz CT molecular complexity index is 1960. The first-order valence-corrected chi connectivity index (χ1v) is 17.7. The molecule has 0 radical (unpaired) electrons. The van der Waals surface area contributed by atoms with Gasteiger partial charge in [0.1, 0.15) is 12.1 Å². The molecule has 12 nitrogen and oxygen atoms in total. The van der Waals surface area contributed by atoms with Gasteiger partial charge >= 0.3 is 0 Å². The van der Waals surface area contributed by atoms with E-state index in [0.717, 1.165) is 57.7 Å². The molecule has 13 heteroatoms. The molecule has 0 saturated heterocycles. The van der Waals surface area contributed by atoms with Crippen LogP contribution in [-0.4, -0.2) is 91.1 Å². The number of fused-ring (bicyclic) bond motifs is 5. The number of nitrogens with two attached hydrogens (primary N) is 1. The molecule has 2 N–H and O–H groups in total. The predicted molar refractivity (Wildman–Crippen MR) is 184 cm³/mol. The number of aromatic nitrogens is 3. The summed E-state index contributed by atoms with van der Waals surface area (Å²) in [7, 11) is 0.957. The molecule has 48 heavy (non-hydrogen) atoms. The fourth-order valence-electron chi connectivity index (χ4n) is 6.80. The van der Waals surface area contributed by atoms with Crippen LogP contribution in [0.2, 0.25) is 0 Å². The SMILES string of the molecule is COc1ccc2c(c1)C=C(C(=O)N(C)CCOCCN(C)S(N)(=O)=O)Cn1c-2c(C2CCCCC2)c2ccc(C(=O)n3ccnc3)cc21. The first-order chi connectivity index (χ1) is 23.1. The summed E-state index contributed by atoms with van der Waals surface area (Å²) in [4.78, 5) is 33.2. The Labute approximate surface area is 280 Å². The second-order valence-corrected chi connectivity index (χ2v) is 14.2. The summed E-state index contributed by atoms with van der Waals surface area (Å²) in [6, 6.07) is 11.9. The minimum absolute atomic E-state index is 0.110. The molecule has 2 aliphatic rings. The van der Waals surface area contributed by atoms with Crippen molar-refractivity contribution in [1.82, 2.24) is 23.3 Å². The minimum atomic E-state index is -3.78. The molecule has 0 unspecified atom stereocenters. The number of nitrogens with zero attached hydrogens (tertiary/aromatic N) is 5. The van der Waals surface area contributed by atoms with Gasteiger partial charge in [-0.25, -0.2) is 10.1 Å². The van der Waals surface area contributed by atoms with Crippen LogP contribution in [-0.2, 0) is 26.3 Å². The molecule has 0 atom stereocenters. The lowest BCUT2D eigenvalue weighted by molar-refractivity contribution is -0.126. The molecule has 1 saturated carbocycles. The average Bonchev–Trinajstić information content (AvgIpc) is 3.70. The summed E-state index contributed by atoms with van der Waals surface area (Å²) in [5.41, 5.74) is 6.28. The summed E-state index contributed by atoms with van der Waals surface area (Å²) >= 11 is 0. The highest BCUT2D eigenvalue weighted by Crippen LogP contribution is 2.47. The molecule has 1 amide bonds. The van der Waals surface area contributed by atoms with Gasteiger partial charge in [-0.05, 0) is 66.3 Å². The van der Waals surface area contributed by atoms with Crippen molar-refractivity contribution in [2.45, 2.75) is 44.6 Å². The third-order valence-electron chi connectivity index (χ3n) is 9.45. The highest BCUT2D eigenvalue weighted by Gasteiger charge is 2.31. The topological polar surface area (TPSA) is 142 Å². The molecule has 6 rings (SSSR count). The van der Waals surface area contributed by atoms with E-state index in [2.05, 4.69) is 21.7 Å². The van der Waals surface area contributed by atoms with Gasteiger partial charge in [-0.3, -0.25) is 14.2 Å². The van der Waals surface area contributed by atoms with E-state index in [1.807, 2.05) is 30.3 Å². The maximum absolute atomic E-state index is 14.1. The zero-order valence-electron chi connectivity index (χ0n) is 27.6. The van der Waals surface area contributed by atoms with Crippen LogP contribution in [0.1, 0.15) is 59.5 Å². The zero-order valence-corrected chi connectivity index (χ0v) is 28.4. The Balaban J connectivity index is 1.39. The molecule has 0 bridgehead atoms. The van der Waals surface area contributed by atoms with E-state index < -0.39 is 10.2 Å². The van der Waals surface area contributed by atoms with Crippen molar-refractivity contribution in [3.63, 3.8) is 0 Å². The Morgan fingerprint density at radius 1 is 1.04 bits per heavy atom. The zero-order chi connectivity index (χ0) is 34.0. The van der Waals surface area contributed by atoms with Crippen LogP contribution < -0.4 is 9.88 Å². The van der Waals surface area contributed by atoms with Crippen LogP contribution in [0.3, 0.4) is 0 Å². The molecule has 4 aromatic rings. The molecule has 1 fully saturated rings. The molecule has 2 aromatic heterocycles. The molecule has 0 spiro atoms. The third-order valence-corrected chi connectivity index (χ3v) is 10.5. The van der Waals surface area contributed by atoms with Crippen LogP contribution >= 0.6 is 0 Å². The van der Waals surface area contributed by atoms with Crippen molar-refractivity contribution in [2.24, 2.45) is 5.14 Å². The van der Waals surface area contributed by atoms with Crippen LogP contribution in [0.5, 0.6) is 5.75 Å². The monoisotopic (exact) mass is 674 g/mol. The molecule has 1 aliphatic heterocycles. The first kappa shape index (κ1) is 33.6. The Hall–Kier alpha value is -4.30.